The lowest BCUT2D eigenvalue weighted by Crippen LogP contribution is -2.67. The smallest absolute Gasteiger partial charge is 0.328 e. The van der Waals surface area contributed by atoms with Crippen LogP contribution in [0.25, 0.3) is 0 Å². The second-order valence-electron chi connectivity index (χ2n) is 10.6. The minimum atomic E-state index is -6.39. The van der Waals surface area contributed by atoms with Crippen LogP contribution in [0.4, 0.5) is 0 Å². The maximum absolute atomic E-state index is 14.0. The minimum absolute atomic E-state index is 0.0906. The lowest BCUT2D eigenvalue weighted by Gasteiger charge is -2.46. The van der Waals surface area contributed by atoms with Gasteiger partial charge >= 0.3 is 72.8 Å². The van der Waals surface area contributed by atoms with E-state index in [9.17, 15) is 91.0 Å². The van der Waals surface area contributed by atoms with Gasteiger partial charge in [0, 0.05) is 0 Å². The zero-order valence-electron chi connectivity index (χ0n) is 27.5. The molecule has 1 amide bonds. The summed E-state index contributed by atoms with van der Waals surface area (Å²) in [5.41, 5.74) is 0.0906. The quantitative estimate of drug-likeness (QED) is 0.0379. The van der Waals surface area contributed by atoms with Gasteiger partial charge < -0.3 is 14.8 Å². The van der Waals surface area contributed by atoms with Gasteiger partial charge in [0.1, 0.15) is 30.5 Å². The van der Waals surface area contributed by atoms with Gasteiger partial charge in [0.25, 0.3) is 11.8 Å². The maximum Gasteiger partial charge on any atom is 0.398 e. The SMILES string of the molecule is [CH2][C@H]1O[C@](NC(=O)[C@H](OS(=O)(=O)O)[C@@H](OS(=O)(=O)O)[C@H](OS(=O)(=O)O)[C@@H](COS(=O)(=O)O)OS(=O)(=O)O)(OCc2ccccc2)C[C@@H](OS(=O)(=O)O)[C@@H]1OS(=O)(=O)O. The molecule has 8 N–H and O–H groups in total. The number of nitrogens with one attached hydrogen (secondary N) is 1. The molecule has 0 spiro atoms. The van der Waals surface area contributed by atoms with E-state index in [1.165, 1.54) is 35.6 Å². The summed E-state index contributed by atoms with van der Waals surface area (Å²) in [6.45, 7) is 0.163. The number of carbonyl (C=O) groups excluding carboxylic acids is 1. The predicted molar refractivity (Wildman–Crippen MR) is 173 cm³/mol. The fraction of sp³-hybridized carbons (Fsp3) is 0.579. The first-order valence-electron chi connectivity index (χ1n) is 13.9. The second-order valence-corrected chi connectivity index (χ2v) is 18.0. The molecule has 0 aliphatic carbocycles. The zero-order chi connectivity index (χ0) is 44.9. The van der Waals surface area contributed by atoms with Crippen molar-refractivity contribution in [3.8, 4) is 0 Å². The van der Waals surface area contributed by atoms with E-state index in [2.05, 4.69) is 36.2 Å². The molecule has 39 heteroatoms. The highest BCUT2D eigenvalue weighted by molar-refractivity contribution is 7.82. The molecule has 58 heavy (non-hydrogen) atoms. The van der Waals surface area contributed by atoms with E-state index in [4.69, 9.17) is 14.0 Å². The Morgan fingerprint density at radius 2 is 1.17 bits per heavy atom. The molecule has 0 saturated carbocycles. The summed E-state index contributed by atoms with van der Waals surface area (Å²) in [5.74, 6) is -5.77. The minimum Gasteiger partial charge on any atom is -0.328 e. The van der Waals surface area contributed by atoms with Gasteiger partial charge in [-0.3, -0.25) is 36.7 Å². The average molecular weight is 991 g/mol. The molecule has 8 atom stereocenters. The van der Waals surface area contributed by atoms with Crippen LogP contribution in [0.1, 0.15) is 12.0 Å². The van der Waals surface area contributed by atoms with Crippen molar-refractivity contribution in [3.63, 3.8) is 0 Å². The Morgan fingerprint density at radius 3 is 1.62 bits per heavy atom. The number of ether oxygens (including phenoxy) is 2. The van der Waals surface area contributed by atoms with Crippen molar-refractivity contribution in [3.05, 3.63) is 42.8 Å². The third kappa shape index (κ3) is 19.8. The molecule has 1 aliphatic heterocycles. The summed E-state index contributed by atoms with van der Waals surface area (Å²) in [6, 6.07) is 6.77. The number of benzene rings is 1. The van der Waals surface area contributed by atoms with Gasteiger partial charge in [0.05, 0.1) is 25.7 Å². The molecular formula is C19H28NO31S7. The first kappa shape index (κ1) is 51.8. The summed E-state index contributed by atoms with van der Waals surface area (Å²) in [6.07, 6.45) is -23.7. The average Bonchev–Trinajstić information content (AvgIpc) is 2.98. The summed E-state index contributed by atoms with van der Waals surface area (Å²) in [4.78, 5) is 14.0. The summed E-state index contributed by atoms with van der Waals surface area (Å²) >= 11 is 0. The molecular weight excluding hydrogens is 963 g/mol. The van der Waals surface area contributed by atoms with Gasteiger partial charge in [-0.15, -0.1) is 0 Å². The number of rotatable bonds is 23. The fourth-order valence-corrected chi connectivity index (χ4v) is 7.75. The van der Waals surface area contributed by atoms with E-state index in [1.54, 1.807) is 0 Å². The first-order chi connectivity index (χ1) is 25.9. The topological polar surface area (TPSA) is 493 Å². The third-order valence-electron chi connectivity index (χ3n) is 6.22. The van der Waals surface area contributed by atoms with E-state index >= 15 is 0 Å². The van der Waals surface area contributed by atoms with Gasteiger partial charge in [0.15, 0.2) is 6.10 Å². The van der Waals surface area contributed by atoms with Gasteiger partial charge in [-0.05, 0) is 12.5 Å². The Bertz CT molecular complexity index is 2390. The van der Waals surface area contributed by atoms with Crippen LogP contribution in [-0.4, -0.2) is 152 Å². The van der Waals surface area contributed by atoms with Crippen LogP contribution in [0.15, 0.2) is 30.3 Å². The number of carbonyl (C=O) groups is 1. The van der Waals surface area contributed by atoms with Crippen molar-refractivity contribution >= 4 is 78.7 Å². The summed E-state index contributed by atoms with van der Waals surface area (Å²) < 4.78 is 268. The summed E-state index contributed by atoms with van der Waals surface area (Å²) in [5, 5.41) is 1.53. The monoisotopic (exact) mass is 990 g/mol. The number of amides is 1. The fourth-order valence-electron chi connectivity index (χ4n) is 4.48. The molecule has 337 valence electrons. The van der Waals surface area contributed by atoms with Crippen LogP contribution in [0.5, 0.6) is 0 Å². The van der Waals surface area contributed by atoms with Crippen LogP contribution in [-0.2, 0) is 123 Å². The van der Waals surface area contributed by atoms with E-state index in [0.717, 1.165) is 0 Å². The van der Waals surface area contributed by atoms with Gasteiger partial charge in [0.2, 0.25) is 0 Å². The van der Waals surface area contributed by atoms with E-state index in [0.29, 0.717) is 0 Å². The molecule has 1 aliphatic rings. The molecule has 1 saturated heterocycles. The zero-order valence-corrected chi connectivity index (χ0v) is 33.3. The van der Waals surface area contributed by atoms with Crippen LogP contribution in [0.2, 0.25) is 0 Å². The lowest BCUT2D eigenvalue weighted by atomic mass is 9.99. The number of hydrogen-bond acceptors (Lipinski definition) is 24. The molecule has 0 aromatic heterocycles. The Hall–Kier alpha value is -2.30. The van der Waals surface area contributed by atoms with Crippen molar-refractivity contribution in [2.45, 2.75) is 61.7 Å². The number of hydrogen-bond donors (Lipinski definition) is 8. The highest BCUT2D eigenvalue weighted by atomic mass is 32.3. The molecule has 1 aromatic carbocycles. The second kappa shape index (κ2) is 19.2. The van der Waals surface area contributed by atoms with Crippen molar-refractivity contribution in [1.82, 2.24) is 5.32 Å². The van der Waals surface area contributed by atoms with E-state index < -0.39 is 147 Å². The lowest BCUT2D eigenvalue weighted by molar-refractivity contribution is -0.321. The standard InChI is InChI=1S/C19H28NO31S7/c1-10-14(48-55(31,32)33)12(46-53(25,26)27)7-19(45-10,43-8-11-5-3-2-4-6-11)20-18(21)17(51-58(40,41)42)16(50-57(37,38)39)15(49-56(34,35)36)13(47-54(28,29)30)9-44-52(22,23)24/h2-6,10,12-17H,1,7-9H2,(H,20,21)(H,22,23,24)(H,25,26,27)(H,28,29,30)(H,31,32,33)(H,34,35,36)(H,37,38,39)(H,40,41,42)/t10-,12-,13-,14-,15-,16+,17-,19-/m1/s1. The highest BCUT2D eigenvalue weighted by Gasteiger charge is 2.55. The Labute approximate surface area is 328 Å². The molecule has 32 nitrogen and oxygen atoms in total. The van der Waals surface area contributed by atoms with Crippen LogP contribution in [0, 0.1) is 6.92 Å². The Kier molecular flexibility index (Phi) is 17.1. The first-order valence-corrected chi connectivity index (χ1v) is 23.5. The van der Waals surface area contributed by atoms with Gasteiger partial charge in [-0.1, -0.05) is 30.3 Å². The Balaban J connectivity index is 2.96. The predicted octanol–water partition coefficient (Wildman–Crippen LogP) is -4.46. The van der Waals surface area contributed by atoms with Crippen LogP contribution >= 0.6 is 0 Å². The van der Waals surface area contributed by atoms with Gasteiger partial charge in [-0.25, -0.2) is 29.3 Å². The van der Waals surface area contributed by atoms with Crippen molar-refractivity contribution in [1.29, 1.82) is 0 Å². The molecule has 1 fully saturated rings. The Morgan fingerprint density at radius 1 is 0.690 bits per heavy atom. The molecule has 1 radical (unpaired) electrons. The van der Waals surface area contributed by atoms with Gasteiger partial charge in [-0.2, -0.15) is 58.9 Å². The van der Waals surface area contributed by atoms with Crippen LogP contribution in [0.3, 0.4) is 0 Å². The summed E-state index contributed by atoms with van der Waals surface area (Å²) in [7, 11) is -42.4. The third-order valence-corrected chi connectivity index (χ3v) is 9.48. The molecule has 2 rings (SSSR count). The van der Waals surface area contributed by atoms with Crippen LogP contribution < -0.4 is 5.32 Å². The maximum atomic E-state index is 14.0. The molecule has 0 unspecified atom stereocenters. The van der Waals surface area contributed by atoms with Crippen molar-refractivity contribution < 1.29 is 134 Å². The normalized spacial score (nSPS) is 23.7. The van der Waals surface area contributed by atoms with E-state index in [1.807, 2.05) is 0 Å². The van der Waals surface area contributed by atoms with Crippen molar-refractivity contribution in [2.24, 2.45) is 0 Å². The highest BCUT2D eigenvalue weighted by Crippen LogP contribution is 2.35. The molecule has 1 aromatic rings. The van der Waals surface area contributed by atoms with Crippen molar-refractivity contribution in [2.75, 3.05) is 6.61 Å². The largest absolute Gasteiger partial charge is 0.398 e. The molecule has 1 heterocycles. The van der Waals surface area contributed by atoms with E-state index in [-0.39, 0.29) is 5.56 Å². The molecule has 0 bridgehead atoms.